The number of aryl methyl sites for hydroxylation is 1. The van der Waals surface area contributed by atoms with Crippen molar-refractivity contribution in [2.45, 2.75) is 19.9 Å². The van der Waals surface area contributed by atoms with Crippen molar-refractivity contribution in [3.8, 4) is 11.8 Å². The fraction of sp³-hybridized carbons (Fsp3) is 0.333. The van der Waals surface area contributed by atoms with Crippen LogP contribution in [0, 0.1) is 18.8 Å². The van der Waals surface area contributed by atoms with Crippen molar-refractivity contribution in [3.05, 3.63) is 38.0 Å². The molecule has 21 heavy (non-hydrogen) atoms. The number of aliphatic hydroxyl groups excluding tert-OH is 1. The zero-order valence-electron chi connectivity index (χ0n) is 11.9. The molecule has 0 bridgehead atoms. The number of aromatic nitrogens is 1. The van der Waals surface area contributed by atoms with E-state index in [-0.39, 0.29) is 12.5 Å². The van der Waals surface area contributed by atoms with Crippen molar-refractivity contribution in [1.29, 1.82) is 0 Å². The number of nitrogens with zero attached hydrogens (tertiary/aromatic N) is 2. The Balaban J connectivity index is 2.03. The summed E-state index contributed by atoms with van der Waals surface area (Å²) in [5.74, 6) is 5.78. The molecular weight excluding hydrogens is 304 g/mol. The van der Waals surface area contributed by atoms with Gasteiger partial charge in [0, 0.05) is 23.7 Å². The Morgan fingerprint density at radius 3 is 2.95 bits per heavy atom. The highest BCUT2D eigenvalue weighted by Gasteiger charge is 2.15. The first-order chi connectivity index (χ1) is 10.1. The topological polar surface area (TPSA) is 53.4 Å². The van der Waals surface area contributed by atoms with Gasteiger partial charge in [0.05, 0.1) is 34.8 Å². The van der Waals surface area contributed by atoms with Gasteiger partial charge in [-0.25, -0.2) is 4.98 Å². The molecule has 1 amide bonds. The Morgan fingerprint density at radius 1 is 1.48 bits per heavy atom. The molecule has 0 atom stereocenters. The summed E-state index contributed by atoms with van der Waals surface area (Å²) in [6.07, 6.45) is 0.450. The minimum absolute atomic E-state index is 0.0192. The minimum atomic E-state index is -0.0192. The van der Waals surface area contributed by atoms with Gasteiger partial charge < -0.3 is 10.0 Å². The third kappa shape index (κ3) is 4.14. The summed E-state index contributed by atoms with van der Waals surface area (Å²) in [5, 5.41) is 10.5. The van der Waals surface area contributed by atoms with Crippen LogP contribution in [0.1, 0.15) is 32.2 Å². The molecule has 0 aromatic carbocycles. The average Bonchev–Trinajstić information content (AvgIpc) is 3.08. The van der Waals surface area contributed by atoms with Crippen LogP contribution in [0.4, 0.5) is 0 Å². The highest BCUT2D eigenvalue weighted by molar-refractivity contribution is 7.10. The van der Waals surface area contributed by atoms with Gasteiger partial charge in [-0.3, -0.25) is 4.79 Å². The molecule has 0 radical (unpaired) electrons. The van der Waals surface area contributed by atoms with E-state index in [9.17, 15) is 4.79 Å². The molecule has 6 heteroatoms. The van der Waals surface area contributed by atoms with Gasteiger partial charge in [-0.2, -0.15) is 0 Å². The van der Waals surface area contributed by atoms with Crippen molar-refractivity contribution in [1.82, 2.24) is 9.88 Å². The summed E-state index contributed by atoms with van der Waals surface area (Å²) in [6, 6.07) is 1.80. The molecule has 2 aromatic heterocycles. The first-order valence-electron chi connectivity index (χ1n) is 6.44. The molecule has 2 aromatic rings. The summed E-state index contributed by atoms with van der Waals surface area (Å²) in [6.45, 7) is 2.57. The number of hydrogen-bond donors (Lipinski definition) is 1. The number of carbonyl (C=O) groups is 1. The van der Waals surface area contributed by atoms with Crippen LogP contribution in [0.5, 0.6) is 0 Å². The molecule has 0 unspecified atom stereocenters. The summed E-state index contributed by atoms with van der Waals surface area (Å²) < 4.78 is 0. The van der Waals surface area contributed by atoms with Crippen LogP contribution in [-0.4, -0.2) is 34.6 Å². The highest BCUT2D eigenvalue weighted by atomic mass is 32.1. The van der Waals surface area contributed by atoms with Crippen LogP contribution in [0.15, 0.2) is 17.0 Å². The Bertz CT molecular complexity index is 679. The van der Waals surface area contributed by atoms with Crippen molar-refractivity contribution >= 4 is 28.6 Å². The molecule has 110 valence electrons. The predicted molar refractivity (Wildman–Crippen MR) is 85.5 cm³/mol. The van der Waals surface area contributed by atoms with Gasteiger partial charge in [-0.1, -0.05) is 11.8 Å². The lowest BCUT2D eigenvalue weighted by atomic mass is 10.2. The van der Waals surface area contributed by atoms with Gasteiger partial charge >= 0.3 is 0 Å². The quantitative estimate of drug-likeness (QED) is 0.881. The first-order valence-corrected chi connectivity index (χ1v) is 8.20. The fourth-order valence-electron chi connectivity index (χ4n) is 1.71. The molecule has 4 nitrogen and oxygen atoms in total. The largest absolute Gasteiger partial charge is 0.395 e. The van der Waals surface area contributed by atoms with Crippen molar-refractivity contribution in [2.75, 3.05) is 13.7 Å². The first kappa shape index (κ1) is 15.7. The SMILES string of the molecule is Cc1ncsc1CN(C)C(=O)c1csc(C#CCCO)c1. The van der Waals surface area contributed by atoms with E-state index >= 15 is 0 Å². The molecule has 0 aliphatic heterocycles. The third-order valence-corrected chi connectivity index (χ3v) is 4.63. The van der Waals surface area contributed by atoms with Gasteiger partial charge in [0.2, 0.25) is 0 Å². The molecule has 1 N–H and O–H groups in total. The number of aliphatic hydroxyl groups is 1. The number of rotatable bonds is 4. The van der Waals surface area contributed by atoms with Gasteiger partial charge in [-0.05, 0) is 13.0 Å². The third-order valence-electron chi connectivity index (χ3n) is 2.87. The summed E-state index contributed by atoms with van der Waals surface area (Å²) in [7, 11) is 1.79. The Kier molecular flexibility index (Phi) is 5.51. The number of hydrogen-bond acceptors (Lipinski definition) is 5. The van der Waals surface area contributed by atoms with Crippen molar-refractivity contribution in [2.24, 2.45) is 0 Å². The number of carbonyl (C=O) groups excluding carboxylic acids is 1. The highest BCUT2D eigenvalue weighted by Crippen LogP contribution is 2.18. The van der Waals surface area contributed by atoms with E-state index in [2.05, 4.69) is 16.8 Å². The van der Waals surface area contributed by atoms with E-state index in [1.807, 2.05) is 12.3 Å². The fourth-order valence-corrected chi connectivity index (χ4v) is 3.28. The lowest BCUT2D eigenvalue weighted by molar-refractivity contribution is 0.0787. The van der Waals surface area contributed by atoms with E-state index in [1.165, 1.54) is 11.3 Å². The second-order valence-corrected chi connectivity index (χ2v) is 6.35. The van der Waals surface area contributed by atoms with Crippen LogP contribution < -0.4 is 0 Å². The molecular formula is C15H16N2O2S2. The zero-order valence-corrected chi connectivity index (χ0v) is 13.6. The molecule has 0 saturated heterocycles. The minimum Gasteiger partial charge on any atom is -0.395 e. The van der Waals surface area contributed by atoms with Crippen molar-refractivity contribution in [3.63, 3.8) is 0 Å². The van der Waals surface area contributed by atoms with E-state index in [4.69, 9.17) is 5.11 Å². The Morgan fingerprint density at radius 2 is 2.29 bits per heavy atom. The molecule has 0 fully saturated rings. The Hall–Kier alpha value is -1.68. The van der Waals surface area contributed by atoms with Crippen LogP contribution in [0.3, 0.4) is 0 Å². The zero-order chi connectivity index (χ0) is 15.2. The monoisotopic (exact) mass is 320 g/mol. The lowest BCUT2D eigenvalue weighted by Crippen LogP contribution is -2.25. The van der Waals surface area contributed by atoms with Gasteiger partial charge in [-0.15, -0.1) is 22.7 Å². The second-order valence-electron chi connectivity index (χ2n) is 4.50. The maximum absolute atomic E-state index is 12.4. The number of amides is 1. The lowest BCUT2D eigenvalue weighted by Gasteiger charge is -2.15. The van der Waals surface area contributed by atoms with Gasteiger partial charge in [0.25, 0.3) is 5.91 Å². The number of thiophene rings is 1. The van der Waals surface area contributed by atoms with Crippen LogP contribution in [0.2, 0.25) is 0 Å². The van der Waals surface area contributed by atoms with Crippen LogP contribution in [-0.2, 0) is 6.54 Å². The maximum Gasteiger partial charge on any atom is 0.254 e. The second kappa shape index (κ2) is 7.36. The predicted octanol–water partition coefficient (Wildman–Crippen LogP) is 2.52. The van der Waals surface area contributed by atoms with E-state index in [0.717, 1.165) is 15.4 Å². The molecule has 0 aliphatic rings. The Labute approximate surface area is 132 Å². The standard InChI is InChI=1S/C15H16N2O2S2/c1-11-14(21-10-16-11)8-17(2)15(19)12-7-13(20-9-12)5-3-4-6-18/h7,9-10,18H,4,6,8H2,1-2H3. The summed E-state index contributed by atoms with van der Waals surface area (Å²) in [4.78, 5) is 20.2. The summed E-state index contributed by atoms with van der Waals surface area (Å²) in [5.41, 5.74) is 3.42. The normalized spacial score (nSPS) is 10.0. The molecule has 2 rings (SSSR count). The van der Waals surface area contributed by atoms with Crippen LogP contribution in [0.25, 0.3) is 0 Å². The maximum atomic E-state index is 12.4. The average molecular weight is 320 g/mol. The summed E-state index contributed by atoms with van der Waals surface area (Å²) >= 11 is 3.01. The number of thiazole rings is 1. The van der Waals surface area contributed by atoms with E-state index in [1.54, 1.807) is 34.9 Å². The molecule has 0 spiro atoms. The van der Waals surface area contributed by atoms with Gasteiger partial charge in [0.15, 0.2) is 0 Å². The molecule has 2 heterocycles. The molecule has 0 aliphatic carbocycles. The van der Waals surface area contributed by atoms with Crippen molar-refractivity contribution < 1.29 is 9.90 Å². The van der Waals surface area contributed by atoms with E-state index in [0.29, 0.717) is 18.5 Å². The smallest absolute Gasteiger partial charge is 0.254 e. The van der Waals surface area contributed by atoms with E-state index < -0.39 is 0 Å². The van der Waals surface area contributed by atoms with Crippen LogP contribution >= 0.6 is 22.7 Å². The van der Waals surface area contributed by atoms with Gasteiger partial charge in [0.1, 0.15) is 0 Å². The molecule has 0 saturated carbocycles.